The topological polar surface area (TPSA) is 9.23 Å². The van der Waals surface area contributed by atoms with Crippen molar-refractivity contribution in [1.29, 1.82) is 0 Å². The lowest BCUT2D eigenvalue weighted by atomic mass is 9.78. The quantitative estimate of drug-likeness (QED) is 0.550. The van der Waals surface area contributed by atoms with Gasteiger partial charge in [-0.2, -0.15) is 17.6 Å². The van der Waals surface area contributed by atoms with E-state index < -0.39 is 12.5 Å². The third-order valence-corrected chi connectivity index (χ3v) is 4.82. The molecule has 1 aromatic rings. The first-order valence-electron chi connectivity index (χ1n) is 8.34. The van der Waals surface area contributed by atoms with E-state index >= 15 is 0 Å². The van der Waals surface area contributed by atoms with Gasteiger partial charge in [0, 0.05) is 0 Å². The van der Waals surface area contributed by atoms with Crippen LogP contribution in [0.1, 0.15) is 51.0 Å². The standard InChI is InChI=1S/C18H24F4O/c1-2-13-3-5-14(6-4-13)7-8-15-9-11-16(12-10-15)23-18(21,22)17(19)20/h9-14,17H,2-8H2,1H3/t13-,14-. The van der Waals surface area contributed by atoms with Gasteiger partial charge in [-0.25, -0.2) is 0 Å². The summed E-state index contributed by atoms with van der Waals surface area (Å²) in [6, 6.07) is 6.02. The van der Waals surface area contributed by atoms with Crippen molar-refractivity contribution in [2.75, 3.05) is 0 Å². The zero-order chi connectivity index (χ0) is 16.9. The molecule has 0 bridgehead atoms. The first-order chi connectivity index (χ1) is 10.9. The summed E-state index contributed by atoms with van der Waals surface area (Å²) in [5, 5.41) is 0. The van der Waals surface area contributed by atoms with Gasteiger partial charge in [-0.1, -0.05) is 51.2 Å². The van der Waals surface area contributed by atoms with Gasteiger partial charge in [0.05, 0.1) is 0 Å². The number of rotatable bonds is 7. The molecule has 0 atom stereocenters. The fraction of sp³-hybridized carbons (Fsp3) is 0.667. The molecule has 1 saturated carbocycles. The highest BCUT2D eigenvalue weighted by molar-refractivity contribution is 5.27. The molecule has 0 aromatic heterocycles. The SMILES string of the molecule is CC[C@H]1CC[C@H](CCc2ccc(OC(F)(F)C(F)F)cc2)CC1. The van der Waals surface area contributed by atoms with Gasteiger partial charge in [0.25, 0.3) is 0 Å². The van der Waals surface area contributed by atoms with E-state index in [0.717, 1.165) is 30.2 Å². The largest absolute Gasteiger partial charge is 0.461 e. The Morgan fingerprint density at radius 2 is 1.61 bits per heavy atom. The average molecular weight is 332 g/mol. The zero-order valence-corrected chi connectivity index (χ0v) is 13.4. The number of hydrogen-bond acceptors (Lipinski definition) is 1. The van der Waals surface area contributed by atoms with Crippen molar-refractivity contribution in [2.24, 2.45) is 11.8 Å². The maximum Gasteiger partial charge on any atom is 0.461 e. The zero-order valence-electron chi connectivity index (χ0n) is 13.4. The predicted octanol–water partition coefficient (Wildman–Crippen LogP) is 6.07. The van der Waals surface area contributed by atoms with Crippen molar-refractivity contribution in [3.63, 3.8) is 0 Å². The Morgan fingerprint density at radius 3 is 2.13 bits per heavy atom. The molecular weight excluding hydrogens is 308 g/mol. The highest BCUT2D eigenvalue weighted by atomic mass is 19.3. The van der Waals surface area contributed by atoms with Gasteiger partial charge in [-0.05, 0) is 42.4 Å². The molecule has 0 aliphatic heterocycles. The minimum Gasteiger partial charge on any atom is -0.428 e. The van der Waals surface area contributed by atoms with Crippen LogP contribution in [0, 0.1) is 11.8 Å². The Kier molecular flexibility index (Phi) is 6.31. The van der Waals surface area contributed by atoms with Crippen LogP contribution >= 0.6 is 0 Å². The van der Waals surface area contributed by atoms with E-state index in [1.807, 2.05) is 0 Å². The number of benzene rings is 1. The molecule has 1 fully saturated rings. The van der Waals surface area contributed by atoms with Gasteiger partial charge in [0.2, 0.25) is 0 Å². The van der Waals surface area contributed by atoms with Gasteiger partial charge < -0.3 is 4.74 Å². The summed E-state index contributed by atoms with van der Waals surface area (Å²) in [6.45, 7) is 2.24. The van der Waals surface area contributed by atoms with Crippen LogP contribution in [-0.4, -0.2) is 12.5 Å². The fourth-order valence-electron chi connectivity index (χ4n) is 3.23. The smallest absolute Gasteiger partial charge is 0.428 e. The van der Waals surface area contributed by atoms with Crippen LogP contribution in [0.3, 0.4) is 0 Å². The third kappa shape index (κ3) is 5.40. The van der Waals surface area contributed by atoms with Crippen molar-refractivity contribution in [1.82, 2.24) is 0 Å². The van der Waals surface area contributed by atoms with Crippen molar-refractivity contribution in [3.8, 4) is 5.75 Å². The lowest BCUT2D eigenvalue weighted by Crippen LogP contribution is -2.33. The van der Waals surface area contributed by atoms with E-state index in [9.17, 15) is 17.6 Å². The summed E-state index contributed by atoms with van der Waals surface area (Å²) >= 11 is 0. The molecule has 1 nitrogen and oxygen atoms in total. The van der Waals surface area contributed by atoms with Gasteiger partial charge in [0.1, 0.15) is 5.75 Å². The van der Waals surface area contributed by atoms with E-state index in [-0.39, 0.29) is 5.75 Å². The molecule has 5 heteroatoms. The lowest BCUT2D eigenvalue weighted by Gasteiger charge is -2.27. The van der Waals surface area contributed by atoms with Gasteiger partial charge in [0.15, 0.2) is 0 Å². The molecule has 0 N–H and O–H groups in total. The Hall–Kier alpha value is -1.26. The van der Waals surface area contributed by atoms with Gasteiger partial charge >= 0.3 is 12.5 Å². The average Bonchev–Trinajstić information content (AvgIpc) is 2.54. The summed E-state index contributed by atoms with van der Waals surface area (Å²) in [5.74, 6) is 1.37. The molecule has 0 saturated heterocycles. The number of halogens is 4. The number of ether oxygens (including phenoxy) is 1. The summed E-state index contributed by atoms with van der Waals surface area (Å²) < 4.78 is 53.8. The molecule has 1 aliphatic carbocycles. The molecule has 23 heavy (non-hydrogen) atoms. The minimum atomic E-state index is -4.45. The van der Waals surface area contributed by atoms with E-state index in [1.165, 1.54) is 44.2 Å². The Bertz CT molecular complexity index is 464. The molecular formula is C18H24F4O. The molecule has 0 amide bonds. The highest BCUT2D eigenvalue weighted by Crippen LogP contribution is 2.33. The Labute approximate surface area is 135 Å². The van der Waals surface area contributed by atoms with Crippen molar-refractivity contribution < 1.29 is 22.3 Å². The summed E-state index contributed by atoms with van der Waals surface area (Å²) in [4.78, 5) is 0. The molecule has 2 rings (SSSR count). The van der Waals surface area contributed by atoms with Crippen LogP contribution in [0.25, 0.3) is 0 Å². The molecule has 130 valence electrons. The monoisotopic (exact) mass is 332 g/mol. The van der Waals surface area contributed by atoms with Crippen LogP contribution in [-0.2, 0) is 6.42 Å². The van der Waals surface area contributed by atoms with E-state index in [1.54, 1.807) is 12.1 Å². The van der Waals surface area contributed by atoms with Crippen molar-refractivity contribution >= 4 is 0 Å². The maximum atomic E-state index is 12.8. The fourth-order valence-corrected chi connectivity index (χ4v) is 3.23. The molecule has 0 radical (unpaired) electrons. The summed E-state index contributed by atoms with van der Waals surface area (Å²) in [5.41, 5.74) is 1.02. The van der Waals surface area contributed by atoms with Crippen LogP contribution in [0.2, 0.25) is 0 Å². The van der Waals surface area contributed by atoms with E-state index in [0.29, 0.717) is 0 Å². The van der Waals surface area contributed by atoms with Crippen LogP contribution < -0.4 is 4.74 Å². The van der Waals surface area contributed by atoms with Gasteiger partial charge in [-0.3, -0.25) is 0 Å². The van der Waals surface area contributed by atoms with Crippen molar-refractivity contribution in [2.45, 2.75) is 64.4 Å². The highest BCUT2D eigenvalue weighted by Gasteiger charge is 2.43. The summed E-state index contributed by atoms with van der Waals surface area (Å²) in [6.07, 6.45) is 0.0853. The van der Waals surface area contributed by atoms with Crippen molar-refractivity contribution in [3.05, 3.63) is 29.8 Å². The molecule has 0 unspecified atom stereocenters. The molecule has 0 heterocycles. The summed E-state index contributed by atoms with van der Waals surface area (Å²) in [7, 11) is 0. The second-order valence-corrected chi connectivity index (χ2v) is 6.44. The second-order valence-electron chi connectivity index (χ2n) is 6.44. The third-order valence-electron chi connectivity index (χ3n) is 4.82. The number of alkyl halides is 4. The predicted molar refractivity (Wildman–Crippen MR) is 82.1 cm³/mol. The lowest BCUT2D eigenvalue weighted by molar-refractivity contribution is -0.253. The first-order valence-corrected chi connectivity index (χ1v) is 8.34. The Balaban J connectivity index is 1.79. The van der Waals surface area contributed by atoms with Gasteiger partial charge in [-0.15, -0.1) is 0 Å². The normalized spacial score (nSPS) is 22.3. The first kappa shape index (κ1) is 18.1. The Morgan fingerprint density at radius 1 is 1.04 bits per heavy atom. The number of aryl methyl sites for hydroxylation is 1. The van der Waals surface area contributed by atoms with Crippen LogP contribution in [0.5, 0.6) is 5.75 Å². The van der Waals surface area contributed by atoms with E-state index in [2.05, 4.69) is 11.7 Å². The molecule has 1 aromatic carbocycles. The maximum absolute atomic E-state index is 12.8. The van der Waals surface area contributed by atoms with Crippen LogP contribution in [0.15, 0.2) is 24.3 Å². The molecule has 1 aliphatic rings. The second kappa shape index (κ2) is 8.02. The van der Waals surface area contributed by atoms with E-state index in [4.69, 9.17) is 0 Å². The molecule has 0 spiro atoms. The minimum absolute atomic E-state index is 0.234. The number of hydrogen-bond donors (Lipinski definition) is 0. The van der Waals surface area contributed by atoms with Crippen LogP contribution in [0.4, 0.5) is 17.6 Å².